The molecule has 1 atom stereocenters. The number of nitrogens with one attached hydrogen (secondary N) is 1. The summed E-state index contributed by atoms with van der Waals surface area (Å²) in [5, 5.41) is 13.9. The van der Waals surface area contributed by atoms with Crippen molar-refractivity contribution < 1.29 is 14.6 Å². The molecule has 4 N–H and O–H groups in total. The van der Waals surface area contributed by atoms with Crippen molar-refractivity contribution in [1.29, 1.82) is 0 Å². The van der Waals surface area contributed by atoms with E-state index in [1.807, 2.05) is 18.2 Å². The number of likely N-dealkylation sites (tertiary alicyclic amines) is 1. The average Bonchev–Trinajstić information content (AvgIpc) is 3.28. The number of aliphatic hydroxyl groups is 1. The molecule has 1 aliphatic rings. The van der Waals surface area contributed by atoms with E-state index in [4.69, 9.17) is 10.5 Å². The van der Waals surface area contributed by atoms with Crippen molar-refractivity contribution in [2.24, 2.45) is 5.73 Å². The van der Waals surface area contributed by atoms with Crippen LogP contribution in [0.25, 0.3) is 21.7 Å². The number of nitrogens with zero attached hydrogens (tertiary/aromatic N) is 1. The summed E-state index contributed by atoms with van der Waals surface area (Å²) in [6, 6.07) is 22.5. The van der Waals surface area contributed by atoms with Gasteiger partial charge in [-0.3, -0.25) is 4.79 Å². The molecule has 0 saturated carbocycles. The van der Waals surface area contributed by atoms with Gasteiger partial charge in [-0.25, -0.2) is 0 Å². The van der Waals surface area contributed by atoms with Gasteiger partial charge in [-0.2, -0.15) is 0 Å². The molecule has 0 radical (unpaired) electrons. The van der Waals surface area contributed by atoms with Crippen molar-refractivity contribution in [2.75, 3.05) is 26.2 Å². The predicted molar refractivity (Wildman–Crippen MR) is 131 cm³/mol. The Balaban J connectivity index is 1.14. The van der Waals surface area contributed by atoms with E-state index >= 15 is 0 Å². The SMILES string of the molecule is NC(=O)c1cc2c(OCC(O)CN3CCC(c4ccc5ccccc5c4)CC3)cccc2[nH]1. The van der Waals surface area contributed by atoms with Crippen LogP contribution in [0.5, 0.6) is 5.75 Å². The molecule has 5 rings (SSSR count). The molecule has 1 unspecified atom stereocenters. The Morgan fingerprint density at radius 2 is 1.85 bits per heavy atom. The highest BCUT2D eigenvalue weighted by Crippen LogP contribution is 2.30. The number of nitrogens with two attached hydrogens (primary N) is 1. The third kappa shape index (κ3) is 4.72. The standard InChI is InChI=1S/C27H29N3O3/c28-27(32)25-15-23-24(29-25)6-3-7-26(23)33-17-22(31)16-30-12-10-19(11-13-30)21-9-8-18-4-1-2-5-20(18)14-21/h1-9,14-15,19,22,29,31H,10-13,16-17H2,(H2,28,32). The van der Waals surface area contributed by atoms with E-state index in [1.54, 1.807) is 6.07 Å². The molecule has 0 spiro atoms. The Morgan fingerprint density at radius 3 is 2.64 bits per heavy atom. The van der Waals surface area contributed by atoms with E-state index in [1.165, 1.54) is 16.3 Å². The molecule has 6 heteroatoms. The quantitative estimate of drug-likeness (QED) is 0.402. The molecular formula is C27H29N3O3. The van der Waals surface area contributed by atoms with E-state index in [9.17, 15) is 9.90 Å². The third-order valence-corrected chi connectivity index (χ3v) is 6.62. The van der Waals surface area contributed by atoms with Gasteiger partial charge in [-0.05, 0) is 66.4 Å². The molecule has 0 bridgehead atoms. The number of amides is 1. The molecule has 1 aromatic heterocycles. The number of fused-ring (bicyclic) bond motifs is 2. The van der Waals surface area contributed by atoms with Crippen LogP contribution in [0.15, 0.2) is 66.7 Å². The molecule has 4 aromatic rings. The number of hydrogen-bond donors (Lipinski definition) is 3. The number of hydrogen-bond acceptors (Lipinski definition) is 4. The minimum absolute atomic E-state index is 0.195. The van der Waals surface area contributed by atoms with Crippen LogP contribution in [0.3, 0.4) is 0 Å². The number of rotatable bonds is 7. The van der Waals surface area contributed by atoms with Gasteiger partial charge in [0.25, 0.3) is 5.91 Å². The van der Waals surface area contributed by atoms with Gasteiger partial charge in [0.1, 0.15) is 24.2 Å². The number of carbonyl (C=O) groups excluding carboxylic acids is 1. The Kier molecular flexibility index (Phi) is 6.03. The Hall–Kier alpha value is -3.35. The van der Waals surface area contributed by atoms with Gasteiger partial charge in [0.05, 0.1) is 0 Å². The van der Waals surface area contributed by atoms with Crippen molar-refractivity contribution in [2.45, 2.75) is 24.9 Å². The summed E-state index contributed by atoms with van der Waals surface area (Å²) in [5.74, 6) is 0.680. The first kappa shape index (κ1) is 21.5. The first-order valence-electron chi connectivity index (χ1n) is 11.5. The van der Waals surface area contributed by atoms with Crippen LogP contribution >= 0.6 is 0 Å². The van der Waals surface area contributed by atoms with Crippen LogP contribution in [-0.4, -0.2) is 53.2 Å². The van der Waals surface area contributed by atoms with E-state index in [0.29, 0.717) is 23.9 Å². The zero-order valence-corrected chi connectivity index (χ0v) is 18.5. The van der Waals surface area contributed by atoms with Gasteiger partial charge >= 0.3 is 0 Å². The van der Waals surface area contributed by atoms with Crippen LogP contribution in [0, 0.1) is 0 Å². The molecule has 1 fully saturated rings. The van der Waals surface area contributed by atoms with Crippen LogP contribution in [0.1, 0.15) is 34.8 Å². The molecule has 170 valence electrons. The first-order valence-corrected chi connectivity index (χ1v) is 11.5. The number of aromatic amines is 1. The van der Waals surface area contributed by atoms with Gasteiger partial charge in [-0.1, -0.05) is 48.5 Å². The lowest BCUT2D eigenvalue weighted by molar-refractivity contribution is 0.0599. The second-order valence-corrected chi connectivity index (χ2v) is 8.91. The maximum Gasteiger partial charge on any atom is 0.265 e. The number of aliphatic hydroxyl groups excluding tert-OH is 1. The number of carbonyl (C=O) groups is 1. The van der Waals surface area contributed by atoms with Crippen LogP contribution in [-0.2, 0) is 0 Å². The summed E-state index contributed by atoms with van der Waals surface area (Å²) in [5.41, 5.74) is 7.91. The van der Waals surface area contributed by atoms with Gasteiger partial charge in [0.2, 0.25) is 0 Å². The fraction of sp³-hybridized carbons (Fsp3) is 0.296. The molecule has 0 aliphatic carbocycles. The van der Waals surface area contributed by atoms with Gasteiger partial charge in [-0.15, -0.1) is 0 Å². The topological polar surface area (TPSA) is 91.6 Å². The number of aromatic nitrogens is 1. The number of primary amides is 1. The molecule has 3 aromatic carbocycles. The summed E-state index contributed by atoms with van der Waals surface area (Å²) >= 11 is 0. The molecule has 1 amide bonds. The molecular weight excluding hydrogens is 414 g/mol. The number of H-pyrrole nitrogens is 1. The third-order valence-electron chi connectivity index (χ3n) is 6.62. The second kappa shape index (κ2) is 9.25. The number of ether oxygens (including phenoxy) is 1. The smallest absolute Gasteiger partial charge is 0.265 e. The largest absolute Gasteiger partial charge is 0.490 e. The van der Waals surface area contributed by atoms with Crippen molar-refractivity contribution >= 4 is 27.6 Å². The van der Waals surface area contributed by atoms with E-state index in [0.717, 1.165) is 36.8 Å². The second-order valence-electron chi connectivity index (χ2n) is 8.91. The Bertz CT molecular complexity index is 1270. The Labute approximate surface area is 193 Å². The lowest BCUT2D eigenvalue weighted by atomic mass is 9.88. The van der Waals surface area contributed by atoms with Crippen molar-refractivity contribution in [3.05, 3.63) is 78.0 Å². The maximum atomic E-state index is 11.4. The number of piperidine rings is 1. The van der Waals surface area contributed by atoms with Crippen molar-refractivity contribution in [1.82, 2.24) is 9.88 Å². The highest BCUT2D eigenvalue weighted by atomic mass is 16.5. The highest BCUT2D eigenvalue weighted by Gasteiger charge is 2.23. The van der Waals surface area contributed by atoms with E-state index < -0.39 is 12.0 Å². The summed E-state index contributed by atoms with van der Waals surface area (Å²) in [6.45, 7) is 2.70. The summed E-state index contributed by atoms with van der Waals surface area (Å²) in [6.07, 6.45) is 1.58. The molecule has 1 aliphatic heterocycles. The van der Waals surface area contributed by atoms with Crippen molar-refractivity contribution in [3.8, 4) is 5.75 Å². The number of benzene rings is 3. The van der Waals surface area contributed by atoms with Crippen LogP contribution < -0.4 is 10.5 Å². The van der Waals surface area contributed by atoms with E-state index in [-0.39, 0.29) is 6.61 Å². The molecule has 1 saturated heterocycles. The molecule has 6 nitrogen and oxygen atoms in total. The zero-order valence-electron chi connectivity index (χ0n) is 18.5. The average molecular weight is 444 g/mol. The van der Waals surface area contributed by atoms with E-state index in [2.05, 4.69) is 52.3 Å². The molecule has 33 heavy (non-hydrogen) atoms. The maximum absolute atomic E-state index is 11.4. The van der Waals surface area contributed by atoms with Crippen LogP contribution in [0.4, 0.5) is 0 Å². The minimum Gasteiger partial charge on any atom is -0.490 e. The highest BCUT2D eigenvalue weighted by molar-refractivity contribution is 5.98. The first-order chi connectivity index (χ1) is 16.1. The number of β-amino-alcohol motifs (C(OH)–C–C–N with tert-alkyl or cyclic N) is 1. The Morgan fingerprint density at radius 1 is 1.06 bits per heavy atom. The monoisotopic (exact) mass is 443 g/mol. The lowest BCUT2D eigenvalue weighted by Crippen LogP contribution is -2.40. The lowest BCUT2D eigenvalue weighted by Gasteiger charge is -2.33. The minimum atomic E-state index is -0.591. The fourth-order valence-electron chi connectivity index (χ4n) is 4.83. The van der Waals surface area contributed by atoms with Crippen molar-refractivity contribution in [3.63, 3.8) is 0 Å². The van der Waals surface area contributed by atoms with Crippen LogP contribution in [0.2, 0.25) is 0 Å². The predicted octanol–water partition coefficient (Wildman–Crippen LogP) is 4.04. The summed E-state index contributed by atoms with van der Waals surface area (Å²) in [7, 11) is 0. The molecule has 2 heterocycles. The fourth-order valence-corrected chi connectivity index (χ4v) is 4.83. The zero-order chi connectivity index (χ0) is 22.8. The summed E-state index contributed by atoms with van der Waals surface area (Å²) in [4.78, 5) is 16.7. The van der Waals surface area contributed by atoms with Gasteiger partial charge in [0.15, 0.2) is 0 Å². The van der Waals surface area contributed by atoms with Gasteiger partial charge in [0, 0.05) is 17.4 Å². The normalized spacial score (nSPS) is 16.3. The summed E-state index contributed by atoms with van der Waals surface area (Å²) < 4.78 is 5.90. The van der Waals surface area contributed by atoms with Gasteiger partial charge < -0.3 is 25.5 Å².